The number of aliphatic hydroxyl groups is 1. The highest BCUT2D eigenvalue weighted by atomic mass is 35.5. The van der Waals surface area contributed by atoms with Crippen LogP contribution in [-0.4, -0.2) is 17.3 Å². The van der Waals surface area contributed by atoms with Gasteiger partial charge in [-0.05, 0) is 55.4 Å². The van der Waals surface area contributed by atoms with E-state index in [-0.39, 0.29) is 11.5 Å². The van der Waals surface area contributed by atoms with Crippen LogP contribution in [0.4, 0.5) is 4.39 Å². The highest BCUT2D eigenvalue weighted by Gasteiger charge is 2.40. The molecule has 1 aliphatic heterocycles. The number of ether oxygens (including phenoxy) is 1. The van der Waals surface area contributed by atoms with Crippen molar-refractivity contribution in [3.63, 3.8) is 0 Å². The van der Waals surface area contributed by atoms with E-state index in [4.69, 9.17) is 16.3 Å². The van der Waals surface area contributed by atoms with Crippen LogP contribution < -0.4 is 0 Å². The third kappa shape index (κ3) is 3.41. The van der Waals surface area contributed by atoms with Gasteiger partial charge in [0.25, 0.3) is 0 Å². The van der Waals surface area contributed by atoms with Gasteiger partial charge in [0.15, 0.2) is 0 Å². The van der Waals surface area contributed by atoms with Crippen LogP contribution in [-0.2, 0) is 4.74 Å². The molecular formula is C17H22ClFO2. The molecule has 0 aromatic heterocycles. The first kappa shape index (κ1) is 15.3. The summed E-state index contributed by atoms with van der Waals surface area (Å²) >= 11 is 5.90. The number of hydrogen-bond acceptors (Lipinski definition) is 2. The molecule has 1 N–H and O–H groups in total. The predicted octanol–water partition coefficient (Wildman–Crippen LogP) is 4.64. The Kier molecular flexibility index (Phi) is 4.53. The normalized spacial score (nSPS) is 26.7. The molecule has 1 aromatic carbocycles. The molecule has 21 heavy (non-hydrogen) atoms. The smallest absolute Gasteiger partial charge is 0.125 e. The van der Waals surface area contributed by atoms with Crippen LogP contribution in [0, 0.1) is 11.7 Å². The molecule has 4 heteroatoms. The van der Waals surface area contributed by atoms with Crippen LogP contribution in [0.15, 0.2) is 18.2 Å². The second-order valence-electron chi connectivity index (χ2n) is 6.49. The largest absolute Gasteiger partial charge is 0.388 e. The molecule has 3 rings (SSSR count). The van der Waals surface area contributed by atoms with Crippen molar-refractivity contribution in [1.82, 2.24) is 0 Å². The van der Waals surface area contributed by atoms with E-state index in [2.05, 4.69) is 0 Å². The number of hydrogen-bond donors (Lipinski definition) is 1. The summed E-state index contributed by atoms with van der Waals surface area (Å²) in [4.78, 5) is 0. The topological polar surface area (TPSA) is 29.5 Å². The van der Waals surface area contributed by atoms with Gasteiger partial charge in [0.2, 0.25) is 0 Å². The number of rotatable bonds is 2. The minimum absolute atomic E-state index is 0.0563. The summed E-state index contributed by atoms with van der Waals surface area (Å²) in [7, 11) is 0. The fraction of sp³-hybridized carbons (Fsp3) is 0.647. The lowest BCUT2D eigenvalue weighted by atomic mass is 9.74. The van der Waals surface area contributed by atoms with Crippen LogP contribution in [0.5, 0.6) is 0 Å². The third-order valence-electron chi connectivity index (χ3n) is 4.97. The Bertz CT molecular complexity index is 474. The molecule has 1 saturated heterocycles. The molecule has 1 heterocycles. The molecule has 1 aliphatic carbocycles. The summed E-state index contributed by atoms with van der Waals surface area (Å²) < 4.78 is 19.5. The minimum atomic E-state index is -0.666. The lowest BCUT2D eigenvalue weighted by Crippen LogP contribution is -2.42. The van der Waals surface area contributed by atoms with Gasteiger partial charge in [0, 0.05) is 11.6 Å². The molecule has 2 atom stereocenters. The maximum Gasteiger partial charge on any atom is 0.125 e. The fourth-order valence-corrected chi connectivity index (χ4v) is 4.13. The lowest BCUT2D eigenvalue weighted by molar-refractivity contribution is -0.134. The van der Waals surface area contributed by atoms with E-state index in [9.17, 15) is 9.50 Å². The van der Waals surface area contributed by atoms with Crippen molar-refractivity contribution in [3.8, 4) is 0 Å². The maximum atomic E-state index is 13.5. The quantitative estimate of drug-likeness (QED) is 0.862. The third-order valence-corrected chi connectivity index (χ3v) is 5.19. The summed E-state index contributed by atoms with van der Waals surface area (Å²) in [6, 6.07) is 4.32. The van der Waals surface area contributed by atoms with Crippen LogP contribution in [0.2, 0.25) is 5.02 Å². The van der Waals surface area contributed by atoms with E-state index in [1.807, 2.05) is 0 Å². The molecule has 116 valence electrons. The van der Waals surface area contributed by atoms with Crippen molar-refractivity contribution < 1.29 is 14.2 Å². The first-order valence-corrected chi connectivity index (χ1v) is 8.24. The van der Waals surface area contributed by atoms with Crippen LogP contribution >= 0.6 is 11.6 Å². The molecule has 2 aliphatic rings. The van der Waals surface area contributed by atoms with Gasteiger partial charge in [0.1, 0.15) is 5.82 Å². The monoisotopic (exact) mass is 312 g/mol. The Morgan fingerprint density at radius 2 is 2.00 bits per heavy atom. The molecule has 1 spiro atoms. The van der Waals surface area contributed by atoms with E-state index >= 15 is 0 Å². The van der Waals surface area contributed by atoms with Crippen molar-refractivity contribution in [1.29, 1.82) is 0 Å². The fourth-order valence-electron chi connectivity index (χ4n) is 3.90. The van der Waals surface area contributed by atoms with Gasteiger partial charge in [-0.15, -0.1) is 0 Å². The first-order chi connectivity index (χ1) is 10.1. The highest BCUT2D eigenvalue weighted by Crippen LogP contribution is 2.44. The average Bonchev–Trinajstić information content (AvgIpc) is 2.46. The number of halogens is 2. The zero-order valence-corrected chi connectivity index (χ0v) is 12.9. The molecule has 2 fully saturated rings. The number of aliphatic hydroxyl groups excluding tert-OH is 1. The maximum absolute atomic E-state index is 13.5. The average molecular weight is 313 g/mol. The predicted molar refractivity (Wildman–Crippen MR) is 80.9 cm³/mol. The van der Waals surface area contributed by atoms with Gasteiger partial charge in [-0.3, -0.25) is 0 Å². The second kappa shape index (κ2) is 6.23. The lowest BCUT2D eigenvalue weighted by Gasteiger charge is -2.44. The number of benzene rings is 1. The van der Waals surface area contributed by atoms with Crippen LogP contribution in [0.3, 0.4) is 0 Å². The SMILES string of the molecule is OC(c1cc(F)cc(Cl)c1)C1CCOC2(CCCCC2)C1. The van der Waals surface area contributed by atoms with Crippen molar-refractivity contribution in [3.05, 3.63) is 34.6 Å². The molecular weight excluding hydrogens is 291 g/mol. The summed E-state index contributed by atoms with van der Waals surface area (Å²) in [6.07, 6.45) is 6.86. The Morgan fingerprint density at radius 1 is 1.24 bits per heavy atom. The van der Waals surface area contributed by atoms with E-state index in [1.54, 1.807) is 6.07 Å². The van der Waals surface area contributed by atoms with E-state index in [1.165, 1.54) is 31.4 Å². The summed E-state index contributed by atoms with van der Waals surface area (Å²) in [6.45, 7) is 0.685. The van der Waals surface area contributed by atoms with Gasteiger partial charge < -0.3 is 9.84 Å². The van der Waals surface area contributed by atoms with Crippen molar-refractivity contribution in [2.75, 3.05) is 6.61 Å². The minimum Gasteiger partial charge on any atom is -0.388 e. The van der Waals surface area contributed by atoms with Gasteiger partial charge in [-0.25, -0.2) is 4.39 Å². The van der Waals surface area contributed by atoms with Gasteiger partial charge in [-0.1, -0.05) is 30.9 Å². The highest BCUT2D eigenvalue weighted by molar-refractivity contribution is 6.30. The Morgan fingerprint density at radius 3 is 2.71 bits per heavy atom. The van der Waals surface area contributed by atoms with Gasteiger partial charge in [-0.2, -0.15) is 0 Å². The molecule has 1 saturated carbocycles. The van der Waals surface area contributed by atoms with Crippen molar-refractivity contribution in [2.45, 2.75) is 56.7 Å². The Labute approximate surface area is 130 Å². The van der Waals surface area contributed by atoms with Gasteiger partial charge in [0.05, 0.1) is 11.7 Å². The van der Waals surface area contributed by atoms with E-state index in [0.29, 0.717) is 17.2 Å². The summed E-state index contributed by atoms with van der Waals surface area (Å²) in [5.74, 6) is -0.272. The molecule has 2 nitrogen and oxygen atoms in total. The summed E-state index contributed by atoms with van der Waals surface area (Å²) in [5.41, 5.74) is 0.525. The van der Waals surface area contributed by atoms with Crippen molar-refractivity contribution >= 4 is 11.6 Å². The van der Waals surface area contributed by atoms with E-state index < -0.39 is 11.9 Å². The second-order valence-corrected chi connectivity index (χ2v) is 6.93. The molecule has 2 unspecified atom stereocenters. The molecule has 1 aromatic rings. The zero-order valence-electron chi connectivity index (χ0n) is 12.2. The van der Waals surface area contributed by atoms with Crippen LogP contribution in [0.1, 0.15) is 56.6 Å². The van der Waals surface area contributed by atoms with Crippen LogP contribution in [0.25, 0.3) is 0 Å². The molecule has 0 radical (unpaired) electrons. The molecule has 0 amide bonds. The summed E-state index contributed by atoms with van der Waals surface area (Å²) in [5, 5.41) is 11.0. The van der Waals surface area contributed by atoms with E-state index in [0.717, 1.165) is 25.7 Å². The molecule has 0 bridgehead atoms. The standard InChI is InChI=1S/C17H22ClFO2/c18-14-8-13(9-15(19)10-14)16(20)12-4-7-21-17(11-12)5-2-1-3-6-17/h8-10,12,16,20H,1-7,11H2. The Balaban J connectivity index is 1.76. The van der Waals surface area contributed by atoms with Gasteiger partial charge >= 0.3 is 0 Å². The Hall–Kier alpha value is -0.640. The first-order valence-electron chi connectivity index (χ1n) is 7.86. The van der Waals surface area contributed by atoms with Crippen molar-refractivity contribution in [2.24, 2.45) is 5.92 Å². The zero-order chi connectivity index (χ0) is 14.9.